The van der Waals surface area contributed by atoms with Crippen molar-refractivity contribution < 1.29 is 18.7 Å². The minimum absolute atomic E-state index is 0.0724. The van der Waals surface area contributed by atoms with Gasteiger partial charge in [-0.1, -0.05) is 54.1 Å². The van der Waals surface area contributed by atoms with Crippen molar-refractivity contribution in [2.75, 3.05) is 17.2 Å². The highest BCUT2D eigenvalue weighted by Crippen LogP contribution is 2.27. The number of anilines is 3. The average molecular weight is 580 g/mol. The molecule has 0 aliphatic rings. The van der Waals surface area contributed by atoms with Crippen LogP contribution >= 0.6 is 11.3 Å². The van der Waals surface area contributed by atoms with E-state index in [1.54, 1.807) is 42.5 Å². The normalized spacial score (nSPS) is 10.8. The van der Waals surface area contributed by atoms with Crippen molar-refractivity contribution in [3.8, 4) is 17.0 Å². The first kappa shape index (κ1) is 28.2. The van der Waals surface area contributed by atoms with Gasteiger partial charge in [-0.25, -0.2) is 14.8 Å². The minimum atomic E-state index is -0.535. The zero-order chi connectivity index (χ0) is 29.3. The number of hydrazone groups is 1. The van der Waals surface area contributed by atoms with E-state index in [4.69, 9.17) is 4.74 Å². The van der Waals surface area contributed by atoms with Gasteiger partial charge in [0.2, 0.25) is 0 Å². The Morgan fingerprint density at radius 1 is 0.952 bits per heavy atom. The first-order chi connectivity index (χ1) is 20.4. The number of halogens is 1. The highest BCUT2D eigenvalue weighted by Gasteiger charge is 2.10. The highest BCUT2D eigenvalue weighted by atomic mass is 32.1. The molecule has 1 heterocycles. The maximum absolute atomic E-state index is 13.8. The van der Waals surface area contributed by atoms with Crippen LogP contribution < -0.4 is 20.8 Å². The number of para-hydroxylation sites is 2. The molecular formula is C32H26FN5O3S. The van der Waals surface area contributed by atoms with Crippen molar-refractivity contribution in [3.05, 3.63) is 125 Å². The smallest absolute Gasteiger partial charge is 0.271 e. The van der Waals surface area contributed by atoms with Crippen LogP contribution in [-0.4, -0.2) is 29.6 Å². The first-order valence-electron chi connectivity index (χ1n) is 12.9. The van der Waals surface area contributed by atoms with Gasteiger partial charge in [0.15, 0.2) is 11.7 Å². The zero-order valence-electron chi connectivity index (χ0n) is 22.5. The summed E-state index contributed by atoms with van der Waals surface area (Å²) in [6.07, 6.45) is 1.42. The van der Waals surface area contributed by atoms with Crippen molar-refractivity contribution in [1.82, 2.24) is 10.4 Å². The summed E-state index contributed by atoms with van der Waals surface area (Å²) < 4.78 is 19.4. The number of rotatable bonds is 10. The number of ether oxygens (including phenoxy) is 1. The quantitative estimate of drug-likeness (QED) is 0.125. The molecule has 0 radical (unpaired) electrons. The van der Waals surface area contributed by atoms with Gasteiger partial charge in [0, 0.05) is 27.8 Å². The Bertz CT molecular complexity index is 1720. The largest absolute Gasteiger partial charge is 0.483 e. The molecule has 0 spiro atoms. The lowest BCUT2D eigenvalue weighted by atomic mass is 10.1. The van der Waals surface area contributed by atoms with Gasteiger partial charge < -0.3 is 15.4 Å². The SMILES string of the molecule is Cc1ccc(Nc2nc(-c3ccc(C(=O)N/N=C/c4ccccc4OCC(=O)Nc4ccccc4F)cc3)cs2)cc1. The van der Waals surface area contributed by atoms with E-state index in [0.717, 1.165) is 22.1 Å². The number of benzene rings is 4. The third-order valence-corrected chi connectivity index (χ3v) is 6.80. The number of amides is 2. The van der Waals surface area contributed by atoms with Crippen LogP contribution in [-0.2, 0) is 4.79 Å². The van der Waals surface area contributed by atoms with Crippen LogP contribution in [0, 0.1) is 12.7 Å². The number of hydrogen-bond acceptors (Lipinski definition) is 7. The molecule has 2 amide bonds. The Kier molecular flexibility index (Phi) is 8.95. The second-order valence-electron chi connectivity index (χ2n) is 9.16. The van der Waals surface area contributed by atoms with Gasteiger partial charge in [0.05, 0.1) is 17.6 Å². The Hall–Kier alpha value is -5.35. The Morgan fingerprint density at radius 3 is 2.48 bits per heavy atom. The third-order valence-electron chi connectivity index (χ3n) is 6.05. The van der Waals surface area contributed by atoms with Crippen molar-refractivity contribution in [3.63, 3.8) is 0 Å². The first-order valence-corrected chi connectivity index (χ1v) is 13.8. The van der Waals surface area contributed by atoms with Gasteiger partial charge in [-0.15, -0.1) is 11.3 Å². The van der Waals surface area contributed by atoms with Gasteiger partial charge in [-0.3, -0.25) is 9.59 Å². The number of nitrogens with zero attached hydrogens (tertiary/aromatic N) is 2. The lowest BCUT2D eigenvalue weighted by Gasteiger charge is -2.10. The van der Waals surface area contributed by atoms with E-state index < -0.39 is 11.7 Å². The van der Waals surface area contributed by atoms with E-state index in [9.17, 15) is 14.0 Å². The molecule has 10 heteroatoms. The van der Waals surface area contributed by atoms with Crippen molar-refractivity contribution in [2.45, 2.75) is 6.92 Å². The highest BCUT2D eigenvalue weighted by molar-refractivity contribution is 7.14. The second kappa shape index (κ2) is 13.3. The number of carbonyl (C=O) groups excluding carboxylic acids is 2. The lowest BCUT2D eigenvalue weighted by Crippen LogP contribution is -2.21. The lowest BCUT2D eigenvalue weighted by molar-refractivity contribution is -0.118. The molecule has 1 aromatic heterocycles. The molecule has 0 aliphatic heterocycles. The number of carbonyl (C=O) groups is 2. The van der Waals surface area contributed by atoms with Gasteiger partial charge >= 0.3 is 0 Å². The summed E-state index contributed by atoms with van der Waals surface area (Å²) in [5.41, 5.74) is 7.39. The van der Waals surface area contributed by atoms with Crippen LogP contribution in [0.2, 0.25) is 0 Å². The fourth-order valence-corrected chi connectivity index (χ4v) is 4.59. The molecule has 8 nitrogen and oxygen atoms in total. The molecule has 5 rings (SSSR count). The minimum Gasteiger partial charge on any atom is -0.483 e. The topological polar surface area (TPSA) is 105 Å². The van der Waals surface area contributed by atoms with Crippen LogP contribution in [0.3, 0.4) is 0 Å². The molecule has 0 atom stereocenters. The van der Waals surface area contributed by atoms with E-state index >= 15 is 0 Å². The molecule has 0 saturated carbocycles. The molecule has 42 heavy (non-hydrogen) atoms. The van der Waals surface area contributed by atoms with Crippen LogP contribution in [0.4, 0.5) is 20.9 Å². The zero-order valence-corrected chi connectivity index (χ0v) is 23.3. The predicted molar refractivity (Wildman–Crippen MR) is 164 cm³/mol. The molecular weight excluding hydrogens is 553 g/mol. The standard InChI is InChI=1S/C32H26FN5O3S/c1-21-10-16-25(17-11-21)35-32-37-28(20-42-32)22-12-14-23(15-13-22)31(40)38-34-18-24-6-2-5-9-29(24)41-19-30(39)36-27-8-4-3-7-26(27)33/h2-18,20H,19H2,1H3,(H,35,37)(H,36,39)(H,38,40)/b34-18+. The summed E-state index contributed by atoms with van der Waals surface area (Å²) in [6, 6.07) is 27.9. The summed E-state index contributed by atoms with van der Waals surface area (Å²) >= 11 is 1.50. The number of nitrogens with one attached hydrogen (secondary N) is 3. The Balaban J connectivity index is 1.15. The Labute approximate surface area is 245 Å². The van der Waals surface area contributed by atoms with E-state index in [1.807, 2.05) is 48.7 Å². The second-order valence-corrected chi connectivity index (χ2v) is 10.0. The molecule has 0 aliphatic carbocycles. The van der Waals surface area contributed by atoms with Gasteiger partial charge in [0.25, 0.3) is 11.8 Å². The fourth-order valence-electron chi connectivity index (χ4n) is 3.85. The van der Waals surface area contributed by atoms with Crippen molar-refractivity contribution in [2.24, 2.45) is 5.10 Å². The monoisotopic (exact) mass is 579 g/mol. The fraction of sp³-hybridized carbons (Fsp3) is 0.0625. The molecule has 0 bridgehead atoms. The molecule has 0 saturated heterocycles. The van der Waals surface area contributed by atoms with E-state index in [-0.39, 0.29) is 18.2 Å². The predicted octanol–water partition coefficient (Wildman–Crippen LogP) is 6.78. The number of thiazole rings is 1. The van der Waals surface area contributed by atoms with Crippen molar-refractivity contribution >= 4 is 45.9 Å². The molecule has 3 N–H and O–H groups in total. The average Bonchev–Trinajstić information content (AvgIpc) is 3.47. The van der Waals surface area contributed by atoms with E-state index in [2.05, 4.69) is 26.1 Å². The Morgan fingerprint density at radius 2 is 1.69 bits per heavy atom. The molecule has 4 aromatic carbocycles. The van der Waals surface area contributed by atoms with E-state index in [0.29, 0.717) is 16.9 Å². The van der Waals surface area contributed by atoms with Gasteiger partial charge in [0.1, 0.15) is 11.6 Å². The molecule has 0 unspecified atom stereocenters. The van der Waals surface area contributed by atoms with Crippen LogP contribution in [0.1, 0.15) is 21.5 Å². The summed E-state index contributed by atoms with van der Waals surface area (Å²) in [7, 11) is 0. The maximum Gasteiger partial charge on any atom is 0.271 e. The van der Waals surface area contributed by atoms with E-state index in [1.165, 1.54) is 41.3 Å². The molecule has 5 aromatic rings. The van der Waals surface area contributed by atoms with Crippen molar-refractivity contribution in [1.29, 1.82) is 0 Å². The molecule has 0 fully saturated rings. The summed E-state index contributed by atoms with van der Waals surface area (Å²) in [5.74, 6) is -1.06. The third kappa shape index (κ3) is 7.43. The summed E-state index contributed by atoms with van der Waals surface area (Å²) in [6.45, 7) is 1.71. The molecule has 210 valence electrons. The van der Waals surface area contributed by atoms with Crippen LogP contribution in [0.15, 0.2) is 108 Å². The summed E-state index contributed by atoms with van der Waals surface area (Å²) in [5, 5.41) is 12.5. The van der Waals surface area contributed by atoms with Crippen LogP contribution in [0.25, 0.3) is 11.3 Å². The summed E-state index contributed by atoms with van der Waals surface area (Å²) in [4.78, 5) is 29.5. The van der Waals surface area contributed by atoms with Crippen LogP contribution in [0.5, 0.6) is 5.75 Å². The van der Waals surface area contributed by atoms with Gasteiger partial charge in [-0.05, 0) is 55.5 Å². The van der Waals surface area contributed by atoms with Gasteiger partial charge in [-0.2, -0.15) is 5.10 Å². The maximum atomic E-state index is 13.8. The number of aromatic nitrogens is 1. The number of hydrogen-bond donors (Lipinski definition) is 3. The number of aryl methyl sites for hydroxylation is 1.